The molecule has 0 aromatic heterocycles. The molecule has 2 unspecified atom stereocenters. The molecule has 94 valence electrons. The van der Waals surface area contributed by atoms with Gasteiger partial charge in [-0.3, -0.25) is 4.90 Å². The van der Waals surface area contributed by atoms with Gasteiger partial charge in [-0.2, -0.15) is 5.26 Å². The van der Waals surface area contributed by atoms with Crippen LogP contribution in [0, 0.1) is 11.3 Å². The highest BCUT2D eigenvalue weighted by Gasteiger charge is 2.36. The molecule has 2 atom stereocenters. The van der Waals surface area contributed by atoms with E-state index in [2.05, 4.69) is 0 Å². The van der Waals surface area contributed by atoms with Crippen LogP contribution in [-0.4, -0.2) is 34.8 Å². The SMILES string of the molecule is N#CC1C(O)CCN1C(=O)OCc1ccccc1. The van der Waals surface area contributed by atoms with Crippen LogP contribution < -0.4 is 0 Å². The molecule has 0 bridgehead atoms. The van der Waals surface area contributed by atoms with Crippen molar-refractivity contribution < 1.29 is 14.6 Å². The zero-order chi connectivity index (χ0) is 13.0. The minimum atomic E-state index is -0.798. The molecule has 0 spiro atoms. The van der Waals surface area contributed by atoms with Gasteiger partial charge in [-0.25, -0.2) is 4.79 Å². The van der Waals surface area contributed by atoms with Gasteiger partial charge in [0.2, 0.25) is 0 Å². The number of nitriles is 1. The topological polar surface area (TPSA) is 73.6 Å². The highest BCUT2D eigenvalue weighted by atomic mass is 16.6. The van der Waals surface area contributed by atoms with E-state index in [0.29, 0.717) is 13.0 Å². The van der Waals surface area contributed by atoms with E-state index in [4.69, 9.17) is 10.00 Å². The number of carbonyl (C=O) groups is 1. The standard InChI is InChI=1S/C13H14N2O3/c14-8-11-12(16)6-7-15(11)13(17)18-9-10-4-2-1-3-5-10/h1-5,11-12,16H,6-7,9H2. The lowest BCUT2D eigenvalue weighted by molar-refractivity contribution is 0.0849. The van der Waals surface area contributed by atoms with Gasteiger partial charge in [0.15, 0.2) is 0 Å². The molecular weight excluding hydrogens is 232 g/mol. The maximum absolute atomic E-state index is 11.8. The number of ether oxygens (including phenoxy) is 1. The first kappa shape index (κ1) is 12.4. The molecule has 1 aliphatic rings. The summed E-state index contributed by atoms with van der Waals surface area (Å²) in [4.78, 5) is 13.0. The van der Waals surface area contributed by atoms with E-state index in [1.807, 2.05) is 36.4 Å². The van der Waals surface area contributed by atoms with Gasteiger partial charge in [0.05, 0.1) is 12.2 Å². The first-order valence-corrected chi connectivity index (χ1v) is 5.77. The van der Waals surface area contributed by atoms with Gasteiger partial charge >= 0.3 is 6.09 Å². The number of aliphatic hydroxyl groups excluding tert-OH is 1. The lowest BCUT2D eigenvalue weighted by atomic mass is 10.2. The van der Waals surface area contributed by atoms with Crippen LogP contribution in [0.2, 0.25) is 0 Å². The number of amides is 1. The van der Waals surface area contributed by atoms with Crippen molar-refractivity contribution in [2.45, 2.75) is 25.2 Å². The Labute approximate surface area is 105 Å². The summed E-state index contributed by atoms with van der Waals surface area (Å²) in [6, 6.07) is 10.4. The van der Waals surface area contributed by atoms with Crippen LogP contribution in [0.5, 0.6) is 0 Å². The van der Waals surface area contributed by atoms with E-state index in [9.17, 15) is 9.90 Å². The normalized spacial score (nSPS) is 22.6. The second-order valence-corrected chi connectivity index (χ2v) is 4.16. The third-order valence-corrected chi connectivity index (χ3v) is 2.94. The quantitative estimate of drug-likeness (QED) is 0.853. The molecular formula is C13H14N2O3. The molecule has 1 aliphatic heterocycles. The average Bonchev–Trinajstić information content (AvgIpc) is 2.78. The van der Waals surface area contributed by atoms with Crippen LogP contribution in [0.1, 0.15) is 12.0 Å². The third-order valence-electron chi connectivity index (χ3n) is 2.94. The lowest BCUT2D eigenvalue weighted by Crippen LogP contribution is -2.38. The Balaban J connectivity index is 1.91. The Kier molecular flexibility index (Phi) is 3.80. The van der Waals surface area contributed by atoms with Gasteiger partial charge in [0, 0.05) is 6.54 Å². The molecule has 1 heterocycles. The van der Waals surface area contributed by atoms with E-state index in [1.165, 1.54) is 4.90 Å². The van der Waals surface area contributed by atoms with Crippen molar-refractivity contribution in [1.82, 2.24) is 4.90 Å². The number of likely N-dealkylation sites (tertiary alicyclic amines) is 1. The Morgan fingerprint density at radius 2 is 2.22 bits per heavy atom. The van der Waals surface area contributed by atoms with Gasteiger partial charge in [0.25, 0.3) is 0 Å². The summed E-state index contributed by atoms with van der Waals surface area (Å²) in [7, 11) is 0. The fourth-order valence-corrected chi connectivity index (χ4v) is 1.94. The summed E-state index contributed by atoms with van der Waals surface area (Å²) < 4.78 is 5.12. The Morgan fingerprint density at radius 1 is 1.50 bits per heavy atom. The molecule has 0 saturated carbocycles. The van der Waals surface area contributed by atoms with Gasteiger partial charge in [-0.05, 0) is 12.0 Å². The first-order valence-electron chi connectivity index (χ1n) is 5.77. The van der Waals surface area contributed by atoms with Crippen LogP contribution in [0.25, 0.3) is 0 Å². The number of hydrogen-bond donors (Lipinski definition) is 1. The van der Waals surface area contributed by atoms with Gasteiger partial charge < -0.3 is 9.84 Å². The summed E-state index contributed by atoms with van der Waals surface area (Å²) in [5.74, 6) is 0. The lowest BCUT2D eigenvalue weighted by Gasteiger charge is -2.19. The van der Waals surface area contributed by atoms with E-state index < -0.39 is 18.2 Å². The van der Waals surface area contributed by atoms with Crippen LogP contribution in [0.4, 0.5) is 4.79 Å². The van der Waals surface area contributed by atoms with Crippen molar-refractivity contribution in [2.24, 2.45) is 0 Å². The maximum atomic E-state index is 11.8. The van der Waals surface area contributed by atoms with Crippen LogP contribution in [0.15, 0.2) is 30.3 Å². The molecule has 18 heavy (non-hydrogen) atoms. The molecule has 0 aliphatic carbocycles. The monoisotopic (exact) mass is 246 g/mol. The van der Waals surface area contributed by atoms with Gasteiger partial charge in [-0.1, -0.05) is 30.3 Å². The van der Waals surface area contributed by atoms with Crippen molar-refractivity contribution in [3.05, 3.63) is 35.9 Å². The summed E-state index contributed by atoms with van der Waals surface area (Å²) in [6.45, 7) is 0.525. The number of benzene rings is 1. The Hall–Kier alpha value is -2.06. The summed E-state index contributed by atoms with van der Waals surface area (Å²) in [6.07, 6.45) is -0.917. The van der Waals surface area contributed by atoms with Gasteiger partial charge in [0.1, 0.15) is 12.6 Å². The largest absolute Gasteiger partial charge is 0.445 e. The number of aliphatic hydroxyl groups is 1. The molecule has 1 saturated heterocycles. The molecule has 2 rings (SSSR count). The fraction of sp³-hybridized carbons (Fsp3) is 0.385. The summed E-state index contributed by atoms with van der Waals surface area (Å²) >= 11 is 0. The molecule has 1 fully saturated rings. The molecule has 0 radical (unpaired) electrons. The number of hydrogen-bond acceptors (Lipinski definition) is 4. The van der Waals surface area contributed by atoms with E-state index in [-0.39, 0.29) is 6.61 Å². The summed E-state index contributed by atoms with van der Waals surface area (Å²) in [5.41, 5.74) is 0.888. The first-order chi connectivity index (χ1) is 8.72. The van der Waals surface area contributed by atoms with Crippen LogP contribution in [0.3, 0.4) is 0 Å². The molecule has 1 amide bonds. The van der Waals surface area contributed by atoms with Crippen molar-refractivity contribution in [3.63, 3.8) is 0 Å². The van der Waals surface area contributed by atoms with Crippen molar-refractivity contribution in [3.8, 4) is 6.07 Å². The summed E-state index contributed by atoms with van der Waals surface area (Å²) in [5, 5.41) is 18.4. The molecule has 5 nitrogen and oxygen atoms in total. The van der Waals surface area contributed by atoms with Crippen LogP contribution in [-0.2, 0) is 11.3 Å². The minimum absolute atomic E-state index is 0.171. The zero-order valence-electron chi connectivity index (χ0n) is 9.82. The number of carbonyl (C=O) groups excluding carboxylic acids is 1. The van der Waals surface area contributed by atoms with E-state index in [1.54, 1.807) is 0 Å². The van der Waals surface area contributed by atoms with Crippen molar-refractivity contribution in [1.29, 1.82) is 5.26 Å². The van der Waals surface area contributed by atoms with E-state index in [0.717, 1.165) is 5.56 Å². The van der Waals surface area contributed by atoms with E-state index >= 15 is 0 Å². The number of rotatable bonds is 2. The van der Waals surface area contributed by atoms with Crippen molar-refractivity contribution in [2.75, 3.05) is 6.54 Å². The molecule has 1 aromatic carbocycles. The average molecular weight is 246 g/mol. The van der Waals surface area contributed by atoms with Gasteiger partial charge in [-0.15, -0.1) is 0 Å². The Morgan fingerprint density at radius 3 is 2.89 bits per heavy atom. The highest BCUT2D eigenvalue weighted by Crippen LogP contribution is 2.18. The van der Waals surface area contributed by atoms with Crippen LogP contribution >= 0.6 is 0 Å². The minimum Gasteiger partial charge on any atom is -0.445 e. The van der Waals surface area contributed by atoms with Crippen molar-refractivity contribution >= 4 is 6.09 Å². The second kappa shape index (κ2) is 5.52. The fourth-order valence-electron chi connectivity index (χ4n) is 1.94. The Bertz CT molecular complexity index is 455. The molecule has 5 heteroatoms. The predicted molar refractivity (Wildman–Crippen MR) is 63.4 cm³/mol. The molecule has 1 N–H and O–H groups in total. The molecule has 1 aromatic rings. The predicted octanol–water partition coefficient (Wildman–Crippen LogP) is 1.28. The maximum Gasteiger partial charge on any atom is 0.411 e. The third kappa shape index (κ3) is 2.60. The zero-order valence-corrected chi connectivity index (χ0v) is 9.82. The highest BCUT2D eigenvalue weighted by molar-refractivity contribution is 5.69. The smallest absolute Gasteiger partial charge is 0.411 e. The second-order valence-electron chi connectivity index (χ2n) is 4.16. The number of nitrogens with zero attached hydrogens (tertiary/aromatic N) is 2.